The van der Waals surface area contributed by atoms with Crippen LogP contribution in [0.1, 0.15) is 44.6 Å². The first kappa shape index (κ1) is 21.4. The fourth-order valence-electron chi connectivity index (χ4n) is 2.46. The van der Waals surface area contributed by atoms with Gasteiger partial charge in [-0.2, -0.15) is 5.10 Å². The third-order valence-corrected chi connectivity index (χ3v) is 4.13. The van der Waals surface area contributed by atoms with E-state index in [4.69, 9.17) is 16.3 Å². The summed E-state index contributed by atoms with van der Waals surface area (Å²) in [6, 6.07) is 1.32. The topological polar surface area (TPSA) is 85.3 Å². The highest BCUT2D eigenvalue weighted by Crippen LogP contribution is 2.15. The van der Waals surface area contributed by atoms with E-state index in [1.165, 1.54) is 10.7 Å². The summed E-state index contributed by atoms with van der Waals surface area (Å²) < 4.78 is 6.51. The number of aryl methyl sites for hydroxylation is 1. The van der Waals surface area contributed by atoms with E-state index in [0.29, 0.717) is 24.2 Å². The second kappa shape index (κ2) is 9.20. The first-order chi connectivity index (χ1) is 11.6. The number of carbonyl (C=O) groups excluding carboxylic acids is 2. The standard InChI is InChI=1S/C17H29ClN4O3/c1-11(2)7-12(9-19-16(24)17(3,4)10-25-6)20-15(23)13-8-14(18)22(5)21-13/h8,11-12H,7,9-10H2,1-6H3,(H,19,24)(H,20,23). The zero-order valence-corrected chi connectivity index (χ0v) is 16.6. The summed E-state index contributed by atoms with van der Waals surface area (Å²) in [5.74, 6) is -0.0571. The summed E-state index contributed by atoms with van der Waals surface area (Å²) in [5, 5.41) is 10.3. The van der Waals surface area contributed by atoms with E-state index in [1.54, 1.807) is 14.2 Å². The van der Waals surface area contributed by atoms with Crippen LogP contribution in [0.5, 0.6) is 0 Å². The molecule has 1 heterocycles. The van der Waals surface area contributed by atoms with Gasteiger partial charge in [0.05, 0.1) is 12.0 Å². The average molecular weight is 373 g/mol. The first-order valence-corrected chi connectivity index (χ1v) is 8.72. The maximum absolute atomic E-state index is 12.4. The molecule has 0 fully saturated rings. The van der Waals surface area contributed by atoms with E-state index in [9.17, 15) is 9.59 Å². The highest BCUT2D eigenvalue weighted by atomic mass is 35.5. The van der Waals surface area contributed by atoms with Crippen LogP contribution in [0.3, 0.4) is 0 Å². The van der Waals surface area contributed by atoms with Gasteiger partial charge in [0.25, 0.3) is 5.91 Å². The smallest absolute Gasteiger partial charge is 0.272 e. The number of hydrogen-bond acceptors (Lipinski definition) is 4. The van der Waals surface area contributed by atoms with Crippen LogP contribution < -0.4 is 10.6 Å². The molecule has 8 heteroatoms. The van der Waals surface area contributed by atoms with Gasteiger partial charge >= 0.3 is 0 Å². The number of halogens is 1. The lowest BCUT2D eigenvalue weighted by molar-refractivity contribution is -0.132. The maximum Gasteiger partial charge on any atom is 0.272 e. The van der Waals surface area contributed by atoms with E-state index < -0.39 is 5.41 Å². The molecule has 7 nitrogen and oxygen atoms in total. The van der Waals surface area contributed by atoms with E-state index >= 15 is 0 Å². The van der Waals surface area contributed by atoms with Crippen molar-refractivity contribution in [1.82, 2.24) is 20.4 Å². The van der Waals surface area contributed by atoms with Gasteiger partial charge < -0.3 is 15.4 Å². The Morgan fingerprint density at radius 1 is 1.40 bits per heavy atom. The van der Waals surface area contributed by atoms with Gasteiger partial charge in [0, 0.05) is 32.8 Å². The highest BCUT2D eigenvalue weighted by molar-refractivity contribution is 6.29. The summed E-state index contributed by atoms with van der Waals surface area (Å²) in [6.45, 7) is 8.43. The summed E-state index contributed by atoms with van der Waals surface area (Å²) in [4.78, 5) is 24.7. The fourth-order valence-corrected chi connectivity index (χ4v) is 2.60. The predicted octanol–water partition coefficient (Wildman–Crippen LogP) is 2.01. The molecule has 1 aromatic rings. The molecule has 0 aliphatic carbocycles. The van der Waals surface area contributed by atoms with Gasteiger partial charge in [0.15, 0.2) is 5.69 Å². The first-order valence-electron chi connectivity index (χ1n) is 8.34. The lowest BCUT2D eigenvalue weighted by atomic mass is 9.93. The van der Waals surface area contributed by atoms with Crippen LogP contribution in [0.4, 0.5) is 0 Å². The maximum atomic E-state index is 12.4. The van der Waals surface area contributed by atoms with Crippen molar-refractivity contribution in [3.63, 3.8) is 0 Å². The van der Waals surface area contributed by atoms with Crippen molar-refractivity contribution in [2.75, 3.05) is 20.3 Å². The average Bonchev–Trinajstić information content (AvgIpc) is 2.83. The molecular formula is C17H29ClN4O3. The Hall–Kier alpha value is -1.60. The van der Waals surface area contributed by atoms with Crippen molar-refractivity contribution in [2.24, 2.45) is 18.4 Å². The predicted molar refractivity (Wildman–Crippen MR) is 97.6 cm³/mol. The minimum atomic E-state index is -0.629. The van der Waals surface area contributed by atoms with Crippen molar-refractivity contribution in [2.45, 2.75) is 40.2 Å². The molecule has 1 unspecified atom stereocenters. The Balaban J connectivity index is 2.71. The van der Waals surface area contributed by atoms with Crippen LogP contribution in [0, 0.1) is 11.3 Å². The van der Waals surface area contributed by atoms with Gasteiger partial charge in [-0.05, 0) is 26.2 Å². The van der Waals surface area contributed by atoms with Gasteiger partial charge in [-0.25, -0.2) is 0 Å². The minimum absolute atomic E-state index is 0.113. The number of ether oxygens (including phenoxy) is 1. The zero-order chi connectivity index (χ0) is 19.2. The van der Waals surface area contributed by atoms with Crippen molar-refractivity contribution in [3.05, 3.63) is 16.9 Å². The lowest BCUT2D eigenvalue weighted by Gasteiger charge is -2.26. The molecule has 2 N–H and O–H groups in total. The van der Waals surface area contributed by atoms with Crippen LogP contribution in [-0.4, -0.2) is 47.9 Å². The van der Waals surface area contributed by atoms with Gasteiger partial charge in [-0.1, -0.05) is 25.4 Å². The lowest BCUT2D eigenvalue weighted by Crippen LogP contribution is -2.48. The molecule has 1 atom stereocenters. The quantitative estimate of drug-likeness (QED) is 0.694. The molecule has 2 amide bonds. The number of aromatic nitrogens is 2. The van der Waals surface area contributed by atoms with Crippen LogP contribution >= 0.6 is 11.6 Å². The van der Waals surface area contributed by atoms with Gasteiger partial charge in [0.2, 0.25) is 5.91 Å². The molecule has 1 rings (SSSR count). The monoisotopic (exact) mass is 372 g/mol. The number of methoxy groups -OCH3 is 1. The van der Waals surface area contributed by atoms with Gasteiger partial charge in [0.1, 0.15) is 5.15 Å². The molecule has 0 bridgehead atoms. The molecular weight excluding hydrogens is 344 g/mol. The molecule has 0 saturated heterocycles. The molecule has 0 aliphatic rings. The number of carbonyl (C=O) groups is 2. The Kier molecular flexibility index (Phi) is 7.89. The zero-order valence-electron chi connectivity index (χ0n) is 15.9. The number of amides is 2. The number of nitrogens with one attached hydrogen (secondary N) is 2. The fraction of sp³-hybridized carbons (Fsp3) is 0.706. The Morgan fingerprint density at radius 3 is 2.52 bits per heavy atom. The Bertz CT molecular complexity index is 579. The third kappa shape index (κ3) is 6.66. The van der Waals surface area contributed by atoms with Gasteiger partial charge in [-0.3, -0.25) is 14.3 Å². The van der Waals surface area contributed by atoms with Crippen molar-refractivity contribution in [1.29, 1.82) is 0 Å². The Labute approximate surface area is 154 Å². The summed E-state index contributed by atoms with van der Waals surface area (Å²) in [6.07, 6.45) is 0.733. The molecule has 1 aromatic heterocycles. The third-order valence-electron chi connectivity index (χ3n) is 3.78. The van der Waals surface area contributed by atoms with E-state index in [-0.39, 0.29) is 23.6 Å². The van der Waals surface area contributed by atoms with Crippen molar-refractivity contribution >= 4 is 23.4 Å². The van der Waals surface area contributed by atoms with Gasteiger partial charge in [-0.15, -0.1) is 0 Å². The molecule has 0 radical (unpaired) electrons. The van der Waals surface area contributed by atoms with Crippen LogP contribution in [0.25, 0.3) is 0 Å². The summed E-state index contributed by atoms with van der Waals surface area (Å²) >= 11 is 5.93. The minimum Gasteiger partial charge on any atom is -0.384 e. The number of rotatable bonds is 9. The molecule has 25 heavy (non-hydrogen) atoms. The largest absolute Gasteiger partial charge is 0.384 e. The molecule has 0 spiro atoms. The van der Waals surface area contributed by atoms with E-state index in [1.807, 2.05) is 13.8 Å². The van der Waals surface area contributed by atoms with Crippen LogP contribution in [-0.2, 0) is 16.6 Å². The summed E-state index contributed by atoms with van der Waals surface area (Å²) in [7, 11) is 3.23. The van der Waals surface area contributed by atoms with E-state index in [2.05, 4.69) is 29.6 Å². The SMILES string of the molecule is COCC(C)(C)C(=O)NCC(CC(C)C)NC(=O)c1cc(Cl)n(C)n1. The van der Waals surface area contributed by atoms with E-state index in [0.717, 1.165) is 6.42 Å². The second-order valence-electron chi connectivity index (χ2n) is 7.30. The normalized spacial score (nSPS) is 13.0. The highest BCUT2D eigenvalue weighted by Gasteiger charge is 2.28. The number of hydrogen-bond donors (Lipinski definition) is 2. The van der Waals surface area contributed by atoms with Crippen LogP contribution in [0.2, 0.25) is 5.15 Å². The molecule has 0 aliphatic heterocycles. The molecule has 0 aromatic carbocycles. The second-order valence-corrected chi connectivity index (χ2v) is 7.69. The Morgan fingerprint density at radius 2 is 2.04 bits per heavy atom. The number of nitrogens with zero attached hydrogens (tertiary/aromatic N) is 2. The van der Waals surface area contributed by atoms with Crippen molar-refractivity contribution in [3.8, 4) is 0 Å². The molecule has 142 valence electrons. The summed E-state index contributed by atoms with van der Waals surface area (Å²) in [5.41, 5.74) is -0.373. The molecule has 0 saturated carbocycles. The van der Waals surface area contributed by atoms with Crippen LogP contribution in [0.15, 0.2) is 6.07 Å². The van der Waals surface area contributed by atoms with Crippen molar-refractivity contribution < 1.29 is 14.3 Å².